The third kappa shape index (κ3) is 4.16. The van der Waals surface area contributed by atoms with Crippen LogP contribution in [0.5, 0.6) is 0 Å². The first-order valence-electron chi connectivity index (χ1n) is 6.52. The molecule has 0 saturated carbocycles. The van der Waals surface area contributed by atoms with Gasteiger partial charge in [-0.15, -0.1) is 11.3 Å². The summed E-state index contributed by atoms with van der Waals surface area (Å²) in [6, 6.07) is 2.46. The molecule has 4 nitrogen and oxygen atoms in total. The molecule has 20 heavy (non-hydrogen) atoms. The van der Waals surface area contributed by atoms with Gasteiger partial charge >= 0.3 is 0 Å². The third-order valence-electron chi connectivity index (χ3n) is 2.89. The minimum absolute atomic E-state index is 0.426. The monoisotopic (exact) mass is 310 g/mol. The molecule has 0 aliphatic rings. The number of rotatable bonds is 6. The summed E-state index contributed by atoms with van der Waals surface area (Å²) in [4.78, 5) is 10.8. The zero-order chi connectivity index (χ0) is 14.5. The Morgan fingerprint density at radius 2 is 2.20 bits per heavy atom. The standard InChI is InChI=1S/C14H19ClN4S/c1-10(2)16-5-11-4-14(17-6-13(11)15)19(3)7-12-8-20-9-18-12/h4,6,8-10,16H,5,7H2,1-3H3. The highest BCUT2D eigenvalue weighted by atomic mass is 35.5. The molecular weight excluding hydrogens is 292 g/mol. The Kier molecular flexibility index (Phi) is 5.34. The van der Waals surface area contributed by atoms with E-state index in [1.54, 1.807) is 17.5 Å². The fourth-order valence-electron chi connectivity index (χ4n) is 1.77. The van der Waals surface area contributed by atoms with Gasteiger partial charge in [-0.1, -0.05) is 25.4 Å². The first-order chi connectivity index (χ1) is 9.56. The highest BCUT2D eigenvalue weighted by molar-refractivity contribution is 7.07. The van der Waals surface area contributed by atoms with Crippen molar-refractivity contribution in [3.8, 4) is 0 Å². The van der Waals surface area contributed by atoms with E-state index in [1.807, 2.05) is 24.0 Å². The number of halogens is 1. The molecule has 0 aliphatic heterocycles. The van der Waals surface area contributed by atoms with Crippen molar-refractivity contribution in [2.24, 2.45) is 0 Å². The summed E-state index contributed by atoms with van der Waals surface area (Å²) in [5.74, 6) is 0.906. The fraction of sp³-hybridized carbons (Fsp3) is 0.429. The predicted molar refractivity (Wildman–Crippen MR) is 85.4 cm³/mol. The van der Waals surface area contributed by atoms with Crippen molar-refractivity contribution in [3.63, 3.8) is 0 Å². The van der Waals surface area contributed by atoms with E-state index < -0.39 is 0 Å². The van der Waals surface area contributed by atoms with Crippen molar-refractivity contribution in [3.05, 3.63) is 39.4 Å². The highest BCUT2D eigenvalue weighted by Crippen LogP contribution is 2.21. The summed E-state index contributed by atoms with van der Waals surface area (Å²) in [7, 11) is 2.01. The number of thiazole rings is 1. The normalized spacial score (nSPS) is 11.1. The van der Waals surface area contributed by atoms with E-state index in [0.29, 0.717) is 11.1 Å². The summed E-state index contributed by atoms with van der Waals surface area (Å²) in [6.07, 6.45) is 1.71. The molecule has 0 bridgehead atoms. The predicted octanol–water partition coefficient (Wildman–Crippen LogP) is 3.33. The maximum Gasteiger partial charge on any atom is 0.128 e. The number of pyridine rings is 1. The molecule has 2 aromatic rings. The Hall–Kier alpha value is -1.17. The number of nitrogens with zero attached hydrogens (tertiary/aromatic N) is 3. The van der Waals surface area contributed by atoms with Crippen LogP contribution in [0.2, 0.25) is 5.02 Å². The van der Waals surface area contributed by atoms with E-state index >= 15 is 0 Å². The van der Waals surface area contributed by atoms with Gasteiger partial charge < -0.3 is 10.2 Å². The average molecular weight is 311 g/mol. The summed E-state index contributed by atoms with van der Waals surface area (Å²) in [5.41, 5.74) is 3.96. The number of aromatic nitrogens is 2. The second kappa shape index (κ2) is 7.02. The van der Waals surface area contributed by atoms with Crippen LogP contribution < -0.4 is 10.2 Å². The van der Waals surface area contributed by atoms with Crippen molar-refractivity contribution in [1.82, 2.24) is 15.3 Å². The fourth-order valence-corrected chi connectivity index (χ4v) is 2.49. The molecule has 0 atom stereocenters. The van der Waals surface area contributed by atoms with E-state index in [-0.39, 0.29) is 0 Å². The number of hydrogen-bond donors (Lipinski definition) is 1. The molecule has 0 spiro atoms. The van der Waals surface area contributed by atoms with Crippen LogP contribution in [0.4, 0.5) is 5.82 Å². The van der Waals surface area contributed by atoms with Gasteiger partial charge in [0, 0.05) is 31.2 Å². The zero-order valence-corrected chi connectivity index (χ0v) is 13.5. The van der Waals surface area contributed by atoms with Crippen molar-refractivity contribution in [1.29, 1.82) is 0 Å². The third-order valence-corrected chi connectivity index (χ3v) is 3.87. The Morgan fingerprint density at radius 1 is 1.40 bits per heavy atom. The van der Waals surface area contributed by atoms with Crippen LogP contribution in [-0.2, 0) is 13.1 Å². The lowest BCUT2D eigenvalue weighted by molar-refractivity contribution is 0.588. The van der Waals surface area contributed by atoms with Crippen molar-refractivity contribution >= 4 is 28.8 Å². The van der Waals surface area contributed by atoms with Crippen molar-refractivity contribution < 1.29 is 0 Å². The van der Waals surface area contributed by atoms with Crippen LogP contribution >= 0.6 is 22.9 Å². The number of hydrogen-bond acceptors (Lipinski definition) is 5. The molecule has 2 heterocycles. The molecule has 0 aliphatic carbocycles. The van der Waals surface area contributed by atoms with Crippen LogP contribution in [0.15, 0.2) is 23.2 Å². The Balaban J connectivity index is 2.09. The largest absolute Gasteiger partial charge is 0.354 e. The van der Waals surface area contributed by atoms with Gasteiger partial charge in [0.15, 0.2) is 0 Å². The quantitative estimate of drug-likeness (QED) is 0.888. The molecule has 0 aromatic carbocycles. The number of nitrogens with one attached hydrogen (secondary N) is 1. The summed E-state index contributed by atoms with van der Waals surface area (Å²) < 4.78 is 0. The molecule has 2 aromatic heterocycles. The molecule has 1 N–H and O–H groups in total. The first kappa shape index (κ1) is 15.2. The van der Waals surface area contributed by atoms with Gasteiger partial charge in [-0.05, 0) is 11.6 Å². The molecule has 0 saturated heterocycles. The Labute approximate surface area is 128 Å². The second-order valence-corrected chi connectivity index (χ2v) is 6.13. The second-order valence-electron chi connectivity index (χ2n) is 5.01. The van der Waals surface area contributed by atoms with E-state index in [2.05, 4.69) is 34.0 Å². The minimum atomic E-state index is 0.426. The van der Waals surface area contributed by atoms with Crippen LogP contribution in [0.25, 0.3) is 0 Å². The van der Waals surface area contributed by atoms with Gasteiger partial charge in [0.25, 0.3) is 0 Å². The topological polar surface area (TPSA) is 41.0 Å². The molecule has 0 radical (unpaired) electrons. The van der Waals surface area contributed by atoms with Crippen LogP contribution in [-0.4, -0.2) is 23.1 Å². The first-order valence-corrected chi connectivity index (χ1v) is 7.84. The van der Waals surface area contributed by atoms with Crippen LogP contribution in [0.3, 0.4) is 0 Å². The molecule has 0 fully saturated rings. The number of anilines is 1. The lowest BCUT2D eigenvalue weighted by Crippen LogP contribution is -2.23. The summed E-state index contributed by atoms with van der Waals surface area (Å²) in [5, 5.41) is 6.12. The lowest BCUT2D eigenvalue weighted by atomic mass is 10.2. The van der Waals surface area contributed by atoms with Gasteiger partial charge in [0.1, 0.15) is 5.82 Å². The van der Waals surface area contributed by atoms with E-state index in [1.165, 1.54) is 0 Å². The highest BCUT2D eigenvalue weighted by Gasteiger charge is 2.09. The van der Waals surface area contributed by atoms with Crippen molar-refractivity contribution in [2.45, 2.75) is 33.0 Å². The van der Waals surface area contributed by atoms with Crippen LogP contribution in [0.1, 0.15) is 25.1 Å². The van der Waals surface area contributed by atoms with Crippen LogP contribution in [0, 0.1) is 0 Å². The van der Waals surface area contributed by atoms with E-state index in [9.17, 15) is 0 Å². The smallest absolute Gasteiger partial charge is 0.128 e. The van der Waals surface area contributed by atoms with Gasteiger partial charge in [0.2, 0.25) is 0 Å². The summed E-state index contributed by atoms with van der Waals surface area (Å²) in [6.45, 7) is 5.72. The van der Waals surface area contributed by atoms with Gasteiger partial charge in [-0.3, -0.25) is 0 Å². The van der Waals surface area contributed by atoms with Gasteiger partial charge in [-0.25, -0.2) is 9.97 Å². The molecule has 0 unspecified atom stereocenters. The van der Waals surface area contributed by atoms with Gasteiger partial charge in [-0.2, -0.15) is 0 Å². The SMILES string of the molecule is CC(C)NCc1cc(N(C)Cc2cscn2)ncc1Cl. The molecule has 6 heteroatoms. The van der Waals surface area contributed by atoms with Gasteiger partial charge in [0.05, 0.1) is 22.8 Å². The molecular formula is C14H19ClN4S. The molecule has 108 valence electrons. The molecule has 0 amide bonds. The Bertz CT molecular complexity index is 542. The minimum Gasteiger partial charge on any atom is -0.354 e. The maximum atomic E-state index is 6.20. The Morgan fingerprint density at radius 3 is 2.85 bits per heavy atom. The van der Waals surface area contributed by atoms with E-state index in [4.69, 9.17) is 11.6 Å². The lowest BCUT2D eigenvalue weighted by Gasteiger charge is -2.18. The maximum absolute atomic E-state index is 6.20. The zero-order valence-electron chi connectivity index (χ0n) is 11.9. The molecule has 2 rings (SSSR count). The average Bonchev–Trinajstić information content (AvgIpc) is 2.90. The van der Waals surface area contributed by atoms with Crippen molar-refractivity contribution in [2.75, 3.05) is 11.9 Å². The summed E-state index contributed by atoms with van der Waals surface area (Å²) >= 11 is 7.80. The van der Waals surface area contributed by atoms with E-state index in [0.717, 1.165) is 30.2 Å².